The summed E-state index contributed by atoms with van der Waals surface area (Å²) in [5, 5.41) is 9.97. The molecule has 1 atom stereocenters. The van der Waals surface area contributed by atoms with Crippen LogP contribution in [0.25, 0.3) is 0 Å². The van der Waals surface area contributed by atoms with E-state index in [2.05, 4.69) is 0 Å². The zero-order chi connectivity index (χ0) is 14.0. The molecule has 0 radical (unpaired) electrons. The molecule has 0 saturated carbocycles. The first-order valence-electron chi connectivity index (χ1n) is 5.48. The van der Waals surface area contributed by atoms with E-state index < -0.39 is 23.7 Å². The highest BCUT2D eigenvalue weighted by Gasteiger charge is 2.32. The smallest absolute Gasteiger partial charge is 0.384 e. The summed E-state index contributed by atoms with van der Waals surface area (Å²) in [5.41, 5.74) is -0.836. The van der Waals surface area contributed by atoms with Crippen molar-refractivity contribution in [2.24, 2.45) is 0 Å². The molecular formula is C14H10F4O. The Hall–Kier alpha value is -1.88. The molecule has 0 fully saturated rings. The molecule has 1 nitrogen and oxygen atoms in total. The van der Waals surface area contributed by atoms with Gasteiger partial charge in [0.05, 0.1) is 5.56 Å². The largest absolute Gasteiger partial charge is 0.416 e. The molecule has 5 heteroatoms. The Kier molecular flexibility index (Phi) is 3.57. The zero-order valence-corrected chi connectivity index (χ0v) is 9.66. The number of halogens is 4. The summed E-state index contributed by atoms with van der Waals surface area (Å²) in [4.78, 5) is 0. The highest BCUT2D eigenvalue weighted by atomic mass is 19.4. The molecule has 1 N–H and O–H groups in total. The van der Waals surface area contributed by atoms with E-state index in [0.29, 0.717) is 11.6 Å². The van der Waals surface area contributed by atoms with Gasteiger partial charge in [-0.2, -0.15) is 13.2 Å². The first-order chi connectivity index (χ1) is 8.88. The average molecular weight is 270 g/mol. The molecule has 0 saturated heterocycles. The lowest BCUT2D eigenvalue weighted by atomic mass is 9.99. The van der Waals surface area contributed by atoms with Gasteiger partial charge in [0.25, 0.3) is 0 Å². The molecule has 0 aliphatic rings. The van der Waals surface area contributed by atoms with Gasteiger partial charge in [-0.3, -0.25) is 0 Å². The lowest BCUT2D eigenvalue weighted by Gasteiger charge is -2.14. The van der Waals surface area contributed by atoms with Crippen molar-refractivity contribution in [3.63, 3.8) is 0 Å². The van der Waals surface area contributed by atoms with Crippen LogP contribution in [0.1, 0.15) is 22.8 Å². The van der Waals surface area contributed by atoms with Gasteiger partial charge in [0, 0.05) is 0 Å². The van der Waals surface area contributed by atoms with E-state index in [4.69, 9.17) is 0 Å². The molecule has 100 valence electrons. The van der Waals surface area contributed by atoms with Gasteiger partial charge in [-0.15, -0.1) is 0 Å². The van der Waals surface area contributed by atoms with Crippen LogP contribution in [0.2, 0.25) is 0 Å². The van der Waals surface area contributed by atoms with Crippen LogP contribution in [0, 0.1) is 5.82 Å². The van der Waals surface area contributed by atoms with Gasteiger partial charge in [-0.1, -0.05) is 30.3 Å². The van der Waals surface area contributed by atoms with Crippen LogP contribution >= 0.6 is 0 Å². The summed E-state index contributed by atoms with van der Waals surface area (Å²) in [6.07, 6.45) is -5.94. The van der Waals surface area contributed by atoms with Gasteiger partial charge in [0.2, 0.25) is 0 Å². The second-order valence-corrected chi connectivity index (χ2v) is 4.08. The molecule has 2 rings (SSSR count). The van der Waals surface area contributed by atoms with Crippen LogP contribution in [0.15, 0.2) is 48.5 Å². The third kappa shape index (κ3) is 3.12. The second-order valence-electron chi connectivity index (χ2n) is 4.08. The summed E-state index contributed by atoms with van der Waals surface area (Å²) in [7, 11) is 0. The van der Waals surface area contributed by atoms with Crippen LogP contribution < -0.4 is 0 Å². The van der Waals surface area contributed by atoms with Crippen molar-refractivity contribution in [2.45, 2.75) is 12.3 Å². The molecule has 0 bridgehead atoms. The van der Waals surface area contributed by atoms with Gasteiger partial charge in [-0.05, 0) is 29.3 Å². The molecular weight excluding hydrogens is 260 g/mol. The van der Waals surface area contributed by atoms with Crippen LogP contribution in [0.5, 0.6) is 0 Å². The van der Waals surface area contributed by atoms with E-state index in [1.807, 2.05) is 0 Å². The van der Waals surface area contributed by atoms with Crippen molar-refractivity contribution >= 4 is 0 Å². The van der Waals surface area contributed by atoms with Crippen LogP contribution in [-0.2, 0) is 6.18 Å². The van der Waals surface area contributed by atoms with Crippen molar-refractivity contribution in [1.82, 2.24) is 0 Å². The van der Waals surface area contributed by atoms with Crippen molar-refractivity contribution in [2.75, 3.05) is 0 Å². The predicted octanol–water partition coefficient (Wildman–Crippen LogP) is 3.93. The van der Waals surface area contributed by atoms with E-state index >= 15 is 0 Å². The molecule has 0 amide bonds. The third-order valence-corrected chi connectivity index (χ3v) is 2.68. The molecule has 0 aliphatic heterocycles. The van der Waals surface area contributed by atoms with E-state index in [9.17, 15) is 22.7 Å². The molecule has 0 aliphatic carbocycles. The predicted molar refractivity (Wildman–Crippen MR) is 61.9 cm³/mol. The lowest BCUT2D eigenvalue weighted by Crippen LogP contribution is -2.08. The second kappa shape index (κ2) is 5.01. The SMILES string of the molecule is OC(c1ccccc1)c1cc(F)cc(C(F)(F)F)c1. The number of rotatable bonds is 2. The number of alkyl halides is 3. The summed E-state index contributed by atoms with van der Waals surface area (Å²) < 4.78 is 50.9. The Morgan fingerprint density at radius 1 is 0.895 bits per heavy atom. The Balaban J connectivity index is 2.43. The Morgan fingerprint density at radius 2 is 1.53 bits per heavy atom. The molecule has 19 heavy (non-hydrogen) atoms. The summed E-state index contributed by atoms with van der Waals surface area (Å²) in [5.74, 6) is -1.03. The van der Waals surface area contributed by atoms with E-state index in [1.54, 1.807) is 30.3 Å². The highest BCUT2D eigenvalue weighted by Crippen LogP contribution is 2.32. The van der Waals surface area contributed by atoms with Gasteiger partial charge in [0.15, 0.2) is 0 Å². The normalized spacial score (nSPS) is 13.3. The van der Waals surface area contributed by atoms with Crippen molar-refractivity contribution in [3.8, 4) is 0 Å². The van der Waals surface area contributed by atoms with Crippen molar-refractivity contribution < 1.29 is 22.7 Å². The van der Waals surface area contributed by atoms with Gasteiger partial charge in [0.1, 0.15) is 11.9 Å². The zero-order valence-electron chi connectivity index (χ0n) is 9.66. The minimum atomic E-state index is -4.65. The van der Waals surface area contributed by atoms with Crippen LogP contribution in [0.4, 0.5) is 17.6 Å². The Labute approximate surface area is 107 Å². The molecule has 2 aromatic rings. The summed E-state index contributed by atoms with van der Waals surface area (Å²) >= 11 is 0. The van der Waals surface area contributed by atoms with E-state index in [0.717, 1.165) is 12.1 Å². The standard InChI is InChI=1S/C14H10F4O/c15-12-7-10(6-11(8-12)14(16,17)18)13(19)9-4-2-1-3-5-9/h1-8,13,19H. The number of aliphatic hydroxyl groups is 1. The average Bonchev–Trinajstić information content (AvgIpc) is 2.37. The van der Waals surface area contributed by atoms with E-state index in [1.165, 1.54) is 0 Å². The molecule has 0 spiro atoms. The van der Waals surface area contributed by atoms with Crippen LogP contribution in [-0.4, -0.2) is 5.11 Å². The fourth-order valence-corrected chi connectivity index (χ4v) is 1.76. The van der Waals surface area contributed by atoms with Gasteiger partial charge >= 0.3 is 6.18 Å². The first-order valence-corrected chi connectivity index (χ1v) is 5.48. The fourth-order valence-electron chi connectivity index (χ4n) is 1.76. The Morgan fingerprint density at radius 3 is 2.11 bits per heavy atom. The number of benzene rings is 2. The summed E-state index contributed by atoms with van der Waals surface area (Å²) in [6.45, 7) is 0. The summed E-state index contributed by atoms with van der Waals surface area (Å²) in [6, 6.07) is 10.2. The van der Waals surface area contributed by atoms with E-state index in [-0.39, 0.29) is 5.56 Å². The van der Waals surface area contributed by atoms with Crippen LogP contribution in [0.3, 0.4) is 0 Å². The fraction of sp³-hybridized carbons (Fsp3) is 0.143. The minimum absolute atomic E-state index is 0.126. The molecule has 1 unspecified atom stereocenters. The lowest BCUT2D eigenvalue weighted by molar-refractivity contribution is -0.137. The topological polar surface area (TPSA) is 20.2 Å². The Bertz CT molecular complexity index is 563. The maximum atomic E-state index is 13.2. The molecule has 0 aromatic heterocycles. The third-order valence-electron chi connectivity index (χ3n) is 2.68. The van der Waals surface area contributed by atoms with Gasteiger partial charge in [-0.25, -0.2) is 4.39 Å². The minimum Gasteiger partial charge on any atom is -0.384 e. The number of hydrogen-bond acceptors (Lipinski definition) is 1. The maximum Gasteiger partial charge on any atom is 0.416 e. The van der Waals surface area contributed by atoms with Gasteiger partial charge < -0.3 is 5.11 Å². The number of aliphatic hydroxyl groups excluding tert-OH is 1. The highest BCUT2D eigenvalue weighted by molar-refractivity contribution is 5.34. The molecule has 0 heterocycles. The maximum absolute atomic E-state index is 13.2. The quantitative estimate of drug-likeness (QED) is 0.820. The van der Waals surface area contributed by atoms with Crippen molar-refractivity contribution in [1.29, 1.82) is 0 Å². The number of hydrogen-bond donors (Lipinski definition) is 1. The monoisotopic (exact) mass is 270 g/mol. The first kappa shape index (κ1) is 13.5. The molecule has 2 aromatic carbocycles. The van der Waals surface area contributed by atoms with Crippen molar-refractivity contribution in [3.05, 3.63) is 71.0 Å².